The smallest absolute Gasteiger partial charge is 0.240 e. The molecule has 6 heteroatoms. The Morgan fingerprint density at radius 2 is 2.05 bits per heavy atom. The highest BCUT2D eigenvalue weighted by molar-refractivity contribution is 7.89. The molecule has 1 atom stereocenters. The molecular formula is C15H23NO4S. The molecule has 1 N–H and O–H groups in total. The van der Waals surface area contributed by atoms with E-state index in [-0.39, 0.29) is 4.90 Å². The van der Waals surface area contributed by atoms with Crippen LogP contribution in [0, 0.1) is 0 Å². The average molecular weight is 313 g/mol. The van der Waals surface area contributed by atoms with E-state index in [1.165, 1.54) is 0 Å². The fraction of sp³-hybridized carbons (Fsp3) is 0.600. The van der Waals surface area contributed by atoms with Gasteiger partial charge in [0.2, 0.25) is 10.0 Å². The molecule has 0 aromatic heterocycles. The van der Waals surface area contributed by atoms with Gasteiger partial charge in [-0.25, -0.2) is 13.1 Å². The van der Waals surface area contributed by atoms with Crippen molar-refractivity contribution < 1.29 is 17.9 Å². The van der Waals surface area contributed by atoms with Crippen LogP contribution in [-0.4, -0.2) is 34.8 Å². The lowest BCUT2D eigenvalue weighted by Crippen LogP contribution is -2.24. The van der Waals surface area contributed by atoms with Gasteiger partial charge in [-0.3, -0.25) is 0 Å². The first-order valence-corrected chi connectivity index (χ1v) is 8.85. The lowest BCUT2D eigenvalue weighted by Gasteiger charge is -2.10. The SMILES string of the molecule is COc1ccc(S(=O)(=O)NCCCCC2CCCO2)cc1. The Hall–Kier alpha value is -1.11. The predicted molar refractivity (Wildman–Crippen MR) is 81.0 cm³/mol. The molecule has 1 aliphatic heterocycles. The van der Waals surface area contributed by atoms with Gasteiger partial charge in [-0.05, 0) is 56.4 Å². The zero-order chi connectivity index (χ0) is 15.1. The lowest BCUT2D eigenvalue weighted by atomic mass is 10.1. The topological polar surface area (TPSA) is 64.6 Å². The third kappa shape index (κ3) is 4.98. The van der Waals surface area contributed by atoms with Crippen molar-refractivity contribution in [1.82, 2.24) is 4.72 Å². The fourth-order valence-electron chi connectivity index (χ4n) is 2.41. The molecule has 2 rings (SSSR count). The first-order chi connectivity index (χ1) is 10.1. The molecule has 1 fully saturated rings. The van der Waals surface area contributed by atoms with E-state index in [0.717, 1.165) is 38.7 Å². The molecule has 1 aliphatic rings. The minimum absolute atomic E-state index is 0.266. The van der Waals surface area contributed by atoms with Gasteiger partial charge in [0.05, 0.1) is 18.1 Å². The molecule has 0 amide bonds. The quantitative estimate of drug-likeness (QED) is 0.748. The molecule has 1 saturated heterocycles. The predicted octanol–water partition coefficient (Wildman–Crippen LogP) is 2.32. The summed E-state index contributed by atoms with van der Waals surface area (Å²) in [5.74, 6) is 0.644. The van der Waals surface area contributed by atoms with E-state index in [0.29, 0.717) is 18.4 Å². The second-order valence-electron chi connectivity index (χ2n) is 5.20. The number of nitrogens with one attached hydrogen (secondary N) is 1. The van der Waals surface area contributed by atoms with Crippen LogP contribution in [0.1, 0.15) is 32.1 Å². The first-order valence-electron chi connectivity index (χ1n) is 7.37. The van der Waals surface area contributed by atoms with E-state index in [4.69, 9.17) is 9.47 Å². The monoisotopic (exact) mass is 313 g/mol. The van der Waals surface area contributed by atoms with Gasteiger partial charge in [0.25, 0.3) is 0 Å². The van der Waals surface area contributed by atoms with Gasteiger partial charge in [-0.2, -0.15) is 0 Å². The molecular weight excluding hydrogens is 290 g/mol. The summed E-state index contributed by atoms with van der Waals surface area (Å²) in [6.07, 6.45) is 5.49. The maximum Gasteiger partial charge on any atom is 0.240 e. The van der Waals surface area contributed by atoms with Crippen LogP contribution in [0.15, 0.2) is 29.2 Å². The maximum atomic E-state index is 12.1. The van der Waals surface area contributed by atoms with Gasteiger partial charge in [-0.1, -0.05) is 0 Å². The molecule has 0 saturated carbocycles. The Morgan fingerprint density at radius 3 is 2.67 bits per heavy atom. The van der Waals surface area contributed by atoms with Gasteiger partial charge in [0.1, 0.15) is 5.75 Å². The third-order valence-corrected chi connectivity index (χ3v) is 5.12. The summed E-state index contributed by atoms with van der Waals surface area (Å²) in [5.41, 5.74) is 0. The summed E-state index contributed by atoms with van der Waals surface area (Å²) < 4.78 is 37.3. The highest BCUT2D eigenvalue weighted by Crippen LogP contribution is 2.18. The lowest BCUT2D eigenvalue weighted by molar-refractivity contribution is 0.102. The highest BCUT2D eigenvalue weighted by Gasteiger charge is 2.15. The van der Waals surface area contributed by atoms with Crippen molar-refractivity contribution in [2.75, 3.05) is 20.3 Å². The minimum Gasteiger partial charge on any atom is -0.497 e. The number of hydrogen-bond donors (Lipinski definition) is 1. The average Bonchev–Trinajstić information content (AvgIpc) is 3.00. The zero-order valence-corrected chi connectivity index (χ0v) is 13.2. The summed E-state index contributed by atoms with van der Waals surface area (Å²) in [5, 5.41) is 0. The van der Waals surface area contributed by atoms with Gasteiger partial charge in [-0.15, -0.1) is 0 Å². The van der Waals surface area contributed by atoms with Crippen LogP contribution in [0.3, 0.4) is 0 Å². The number of rotatable bonds is 8. The largest absolute Gasteiger partial charge is 0.497 e. The maximum absolute atomic E-state index is 12.1. The van der Waals surface area contributed by atoms with Crippen molar-refractivity contribution in [3.8, 4) is 5.75 Å². The van der Waals surface area contributed by atoms with E-state index in [1.54, 1.807) is 31.4 Å². The number of sulfonamides is 1. The summed E-state index contributed by atoms with van der Waals surface area (Å²) >= 11 is 0. The van der Waals surface area contributed by atoms with Gasteiger partial charge >= 0.3 is 0 Å². The second-order valence-corrected chi connectivity index (χ2v) is 6.97. The molecule has 0 bridgehead atoms. The van der Waals surface area contributed by atoms with Gasteiger partial charge in [0.15, 0.2) is 0 Å². The second kappa shape index (κ2) is 7.77. The van der Waals surface area contributed by atoms with Crippen molar-refractivity contribution in [1.29, 1.82) is 0 Å². The Morgan fingerprint density at radius 1 is 1.29 bits per heavy atom. The Bertz CT molecular complexity index is 521. The van der Waals surface area contributed by atoms with Crippen LogP contribution >= 0.6 is 0 Å². The van der Waals surface area contributed by atoms with Gasteiger partial charge < -0.3 is 9.47 Å². The summed E-state index contributed by atoms with van der Waals surface area (Å²) in [6, 6.07) is 6.39. The zero-order valence-electron chi connectivity index (χ0n) is 12.4. The van der Waals surface area contributed by atoms with Crippen LogP contribution < -0.4 is 9.46 Å². The number of benzene rings is 1. The van der Waals surface area contributed by atoms with Crippen molar-refractivity contribution in [3.05, 3.63) is 24.3 Å². The van der Waals surface area contributed by atoms with Crippen LogP contribution in [0.4, 0.5) is 0 Å². The molecule has 0 radical (unpaired) electrons. The van der Waals surface area contributed by atoms with E-state index in [1.807, 2.05) is 0 Å². The number of hydrogen-bond acceptors (Lipinski definition) is 4. The minimum atomic E-state index is -3.42. The number of unbranched alkanes of at least 4 members (excludes halogenated alkanes) is 1. The Kier molecular flexibility index (Phi) is 6.02. The van der Waals surface area contributed by atoms with Gasteiger partial charge in [0, 0.05) is 13.2 Å². The summed E-state index contributed by atoms with van der Waals surface area (Å²) in [4.78, 5) is 0.266. The van der Waals surface area contributed by atoms with Crippen molar-refractivity contribution in [2.45, 2.75) is 43.1 Å². The van der Waals surface area contributed by atoms with E-state index in [2.05, 4.69) is 4.72 Å². The molecule has 1 heterocycles. The van der Waals surface area contributed by atoms with Crippen molar-refractivity contribution in [2.24, 2.45) is 0 Å². The van der Waals surface area contributed by atoms with Crippen LogP contribution in [0.2, 0.25) is 0 Å². The van der Waals surface area contributed by atoms with Crippen LogP contribution in [0.25, 0.3) is 0 Å². The molecule has 1 aromatic carbocycles. The standard InChI is InChI=1S/C15H23NO4S/c1-19-13-7-9-15(10-8-13)21(17,18)16-11-3-2-5-14-6-4-12-20-14/h7-10,14,16H,2-6,11-12H2,1H3. The number of ether oxygens (including phenoxy) is 2. The molecule has 0 aliphatic carbocycles. The van der Waals surface area contributed by atoms with Crippen LogP contribution in [-0.2, 0) is 14.8 Å². The normalized spacial score (nSPS) is 18.8. The number of methoxy groups -OCH3 is 1. The summed E-state index contributed by atoms with van der Waals surface area (Å²) in [6.45, 7) is 1.33. The molecule has 21 heavy (non-hydrogen) atoms. The molecule has 118 valence electrons. The molecule has 1 unspecified atom stereocenters. The third-order valence-electron chi connectivity index (χ3n) is 3.64. The van der Waals surface area contributed by atoms with E-state index < -0.39 is 10.0 Å². The summed E-state index contributed by atoms with van der Waals surface area (Å²) in [7, 11) is -1.87. The van der Waals surface area contributed by atoms with Crippen molar-refractivity contribution >= 4 is 10.0 Å². The fourth-order valence-corrected chi connectivity index (χ4v) is 3.49. The molecule has 5 nitrogen and oxygen atoms in total. The molecule has 1 aromatic rings. The molecule has 0 spiro atoms. The Balaban J connectivity index is 1.72. The van der Waals surface area contributed by atoms with E-state index in [9.17, 15) is 8.42 Å². The van der Waals surface area contributed by atoms with Crippen LogP contribution in [0.5, 0.6) is 5.75 Å². The van der Waals surface area contributed by atoms with E-state index >= 15 is 0 Å². The Labute approximate surface area is 126 Å². The van der Waals surface area contributed by atoms with Crippen molar-refractivity contribution in [3.63, 3.8) is 0 Å². The highest BCUT2D eigenvalue weighted by atomic mass is 32.2. The first kappa shape index (κ1) is 16.3.